The third-order valence-corrected chi connectivity index (χ3v) is 18.4. The first-order valence-corrected chi connectivity index (χ1v) is 26.2. The second kappa shape index (κ2) is 15.8. The number of thiophene rings is 2. The smallest absolute Gasteiger partial charge is 0.123 e. The Hall–Kier alpha value is -7.90. The second-order valence-corrected chi connectivity index (χ2v) is 22.0. The van der Waals surface area contributed by atoms with Crippen molar-refractivity contribution in [3.05, 3.63) is 262 Å². The Morgan fingerprint density at radius 2 is 0.708 bits per heavy atom. The molecule has 2 heterocycles. The van der Waals surface area contributed by atoms with E-state index in [0.29, 0.717) is 0 Å². The summed E-state index contributed by atoms with van der Waals surface area (Å²) in [6, 6.07) is 72.1. The molecule has 346 valence electrons. The highest BCUT2D eigenvalue weighted by Gasteiger charge is 2.53. The van der Waals surface area contributed by atoms with Gasteiger partial charge in [0.2, 0.25) is 0 Å². The minimum Gasteiger partial charge on any atom is -0.309 e. The van der Waals surface area contributed by atoms with E-state index in [4.69, 9.17) is 0 Å². The summed E-state index contributed by atoms with van der Waals surface area (Å²) in [5, 5.41) is 4.86. The molecule has 0 N–H and O–H groups in total. The topological polar surface area (TPSA) is 6.48 Å². The van der Waals surface area contributed by atoms with Gasteiger partial charge in [-0.3, -0.25) is 0 Å². The Morgan fingerprint density at radius 3 is 1.12 bits per heavy atom. The zero-order valence-electron chi connectivity index (χ0n) is 40.1. The molecular weight excluding hydrogens is 923 g/mol. The number of nitrogens with zero attached hydrogens (tertiary/aromatic N) is 2. The third-order valence-electron chi connectivity index (χ3n) is 15.7. The highest BCUT2D eigenvalue weighted by Crippen LogP contribution is 2.63. The van der Waals surface area contributed by atoms with Crippen molar-refractivity contribution in [3.8, 4) is 11.1 Å². The number of aryl methyl sites for hydroxylation is 2. The lowest BCUT2D eigenvalue weighted by atomic mass is 9.55. The lowest BCUT2D eigenvalue weighted by molar-refractivity contribution is 0.563. The number of benzene rings is 10. The van der Waals surface area contributed by atoms with Crippen molar-refractivity contribution >= 4 is 97.1 Å². The van der Waals surface area contributed by atoms with Gasteiger partial charge in [0.15, 0.2) is 0 Å². The Bertz CT molecular complexity index is 3930. The summed E-state index contributed by atoms with van der Waals surface area (Å²) >= 11 is 3.62. The first kappa shape index (κ1) is 42.9. The molecule has 0 unspecified atom stereocenters. The summed E-state index contributed by atoms with van der Waals surface area (Å²) in [6.45, 7) is 9.07. The van der Waals surface area contributed by atoms with Crippen LogP contribution in [0.4, 0.5) is 42.9 Å². The van der Waals surface area contributed by atoms with Crippen molar-refractivity contribution in [2.24, 2.45) is 0 Å². The van der Waals surface area contributed by atoms with Crippen molar-refractivity contribution in [2.45, 2.75) is 38.5 Å². The van der Waals surface area contributed by atoms with Crippen LogP contribution in [0.25, 0.3) is 51.5 Å². The fraction of sp³-hybridized carbons (Fsp3) is 0.0909. The van der Waals surface area contributed by atoms with Gasteiger partial charge in [0, 0.05) is 59.1 Å². The lowest BCUT2D eigenvalue weighted by Crippen LogP contribution is -2.40. The number of anilines is 6. The van der Waals surface area contributed by atoms with Crippen molar-refractivity contribution in [3.63, 3.8) is 0 Å². The summed E-state index contributed by atoms with van der Waals surface area (Å²) in [6.07, 6.45) is 0. The van der Waals surface area contributed by atoms with E-state index >= 15 is 0 Å². The Kier molecular flexibility index (Phi) is 9.42. The van der Waals surface area contributed by atoms with Gasteiger partial charge in [0.05, 0.1) is 26.2 Å². The van der Waals surface area contributed by atoms with E-state index in [1.54, 1.807) is 24.3 Å². The first-order valence-electron chi connectivity index (χ1n) is 24.5. The molecule has 0 aliphatic heterocycles. The van der Waals surface area contributed by atoms with E-state index in [0.717, 1.165) is 45.3 Å². The molecule has 0 saturated heterocycles. The summed E-state index contributed by atoms with van der Waals surface area (Å²) in [4.78, 5) is 4.62. The number of fused-ring (bicyclic) bond motifs is 15. The first-order chi connectivity index (χ1) is 35.1. The van der Waals surface area contributed by atoms with Gasteiger partial charge in [0.25, 0.3) is 0 Å². The summed E-state index contributed by atoms with van der Waals surface area (Å²) in [5.74, 6) is -0.562. The van der Waals surface area contributed by atoms with Gasteiger partial charge in [-0.1, -0.05) is 135 Å². The summed E-state index contributed by atoms with van der Waals surface area (Å²) in [7, 11) is 0. The molecule has 2 aromatic heterocycles. The summed E-state index contributed by atoms with van der Waals surface area (Å²) in [5.41, 5.74) is 17.1. The van der Waals surface area contributed by atoms with Gasteiger partial charge in [-0.2, -0.15) is 0 Å². The maximum atomic E-state index is 14.9. The zero-order chi connectivity index (χ0) is 48.6. The molecule has 2 aliphatic carbocycles. The van der Waals surface area contributed by atoms with Crippen LogP contribution in [0.5, 0.6) is 0 Å². The minimum absolute atomic E-state index is 0.261. The van der Waals surface area contributed by atoms with Gasteiger partial charge in [0.1, 0.15) is 11.6 Å². The molecule has 0 saturated carbocycles. The lowest BCUT2D eigenvalue weighted by Gasteiger charge is -2.46. The highest BCUT2D eigenvalue weighted by atomic mass is 32.1. The van der Waals surface area contributed by atoms with Crippen molar-refractivity contribution in [1.29, 1.82) is 0 Å². The molecule has 0 fully saturated rings. The molecule has 72 heavy (non-hydrogen) atoms. The standard InChI is InChI=1S/C66H46F2N2S2/c1-39-13-9-15-47-49-17-11-23-59(63(49)71-61(39)47)69(43-29-25-41(67)26-30-43)45-33-35-53-51(37-45)52-38-46(34-36-54(52)66(53)57-21-7-5-19-55(57)65(3,4)56-20-6-8-22-58(56)66)70(44-31-27-42(68)28-32-44)60-24-12-18-50-48-16-10-14-40(2)62(48)72-64(50)60/h5-38H,1-4H3. The van der Waals surface area contributed by atoms with Gasteiger partial charge < -0.3 is 9.80 Å². The molecule has 12 aromatic rings. The number of halogens is 2. The van der Waals surface area contributed by atoms with Gasteiger partial charge >= 0.3 is 0 Å². The van der Waals surface area contributed by atoms with E-state index in [9.17, 15) is 8.78 Å². The van der Waals surface area contributed by atoms with Gasteiger partial charge in [-0.05, 0) is 154 Å². The number of hydrogen-bond acceptors (Lipinski definition) is 4. The average molecular weight is 969 g/mol. The van der Waals surface area contributed by atoms with Crippen LogP contribution < -0.4 is 9.80 Å². The van der Waals surface area contributed by atoms with E-state index in [2.05, 4.69) is 195 Å². The average Bonchev–Trinajstić information content (AvgIpc) is 4.08. The fourth-order valence-electron chi connectivity index (χ4n) is 12.4. The SMILES string of the molecule is Cc1cccc2c1sc1c(N(c3ccc(F)cc3)c3ccc4c(c3)-c3cc(N(c5ccc(F)cc5)c5cccc6c5sc5c(C)cccc56)ccc3C43c4ccccc4C(C)(C)c4ccccc43)cccc12. The molecule has 6 heteroatoms. The molecule has 2 nitrogen and oxygen atoms in total. The zero-order valence-corrected chi connectivity index (χ0v) is 41.7. The van der Waals surface area contributed by atoms with E-state index in [1.165, 1.54) is 84.9 Å². The Labute approximate surface area is 425 Å². The molecule has 0 bridgehead atoms. The van der Waals surface area contributed by atoms with Crippen molar-refractivity contribution in [2.75, 3.05) is 9.80 Å². The van der Waals surface area contributed by atoms with Crippen LogP contribution in [0.2, 0.25) is 0 Å². The van der Waals surface area contributed by atoms with Crippen molar-refractivity contribution < 1.29 is 8.78 Å². The maximum absolute atomic E-state index is 14.9. The van der Waals surface area contributed by atoms with E-state index in [1.807, 2.05) is 46.9 Å². The molecule has 1 spiro atoms. The number of hydrogen-bond donors (Lipinski definition) is 0. The van der Waals surface area contributed by atoms with Crippen LogP contribution in [0, 0.1) is 25.5 Å². The molecule has 2 aliphatic rings. The maximum Gasteiger partial charge on any atom is 0.123 e. The van der Waals surface area contributed by atoms with Crippen LogP contribution in [0.1, 0.15) is 58.4 Å². The molecule has 14 rings (SSSR count). The van der Waals surface area contributed by atoms with Crippen LogP contribution >= 0.6 is 22.7 Å². The second-order valence-electron chi connectivity index (χ2n) is 20.0. The van der Waals surface area contributed by atoms with Crippen LogP contribution in [-0.2, 0) is 10.8 Å². The third kappa shape index (κ3) is 6.03. The molecule has 0 amide bonds. The fourth-order valence-corrected chi connectivity index (χ4v) is 15.0. The van der Waals surface area contributed by atoms with Gasteiger partial charge in [-0.15, -0.1) is 22.7 Å². The largest absolute Gasteiger partial charge is 0.309 e. The Morgan fingerprint density at radius 1 is 0.347 bits per heavy atom. The van der Waals surface area contributed by atoms with Crippen molar-refractivity contribution in [1.82, 2.24) is 0 Å². The Balaban J connectivity index is 1.07. The molecular formula is C66H46F2N2S2. The summed E-state index contributed by atoms with van der Waals surface area (Å²) < 4.78 is 34.7. The monoisotopic (exact) mass is 968 g/mol. The minimum atomic E-state index is -0.655. The quantitative estimate of drug-likeness (QED) is 0.164. The molecule has 0 radical (unpaired) electrons. The molecule has 0 atom stereocenters. The predicted molar refractivity (Wildman–Crippen MR) is 300 cm³/mol. The van der Waals surface area contributed by atoms with Crippen LogP contribution in [0.15, 0.2) is 206 Å². The van der Waals surface area contributed by atoms with Gasteiger partial charge in [-0.25, -0.2) is 8.78 Å². The highest BCUT2D eigenvalue weighted by molar-refractivity contribution is 7.27. The predicted octanol–water partition coefficient (Wildman–Crippen LogP) is 19.3. The normalized spacial score (nSPS) is 13.9. The van der Waals surface area contributed by atoms with E-state index < -0.39 is 5.41 Å². The van der Waals surface area contributed by atoms with Crippen LogP contribution in [0.3, 0.4) is 0 Å². The van der Waals surface area contributed by atoms with Crippen LogP contribution in [-0.4, -0.2) is 0 Å². The number of rotatable bonds is 6. The van der Waals surface area contributed by atoms with E-state index in [-0.39, 0.29) is 17.0 Å². The molecule has 10 aromatic carbocycles.